The molecule has 0 unspecified atom stereocenters. The lowest BCUT2D eigenvalue weighted by molar-refractivity contribution is 1.67. The lowest BCUT2D eigenvalue weighted by Crippen LogP contribution is -1.79. The van der Waals surface area contributed by atoms with Crippen molar-refractivity contribution in [1.29, 1.82) is 0 Å². The predicted molar refractivity (Wildman–Crippen MR) is 59.6 cm³/mol. The molecule has 0 spiro atoms. The highest BCUT2D eigenvalue weighted by Crippen LogP contribution is 2.25. The molecule has 0 heterocycles. The molecule has 0 saturated carbocycles. The molecule has 0 nitrogen and oxygen atoms in total. The van der Waals surface area contributed by atoms with Gasteiger partial charge in [0, 0.05) is 10.0 Å². The first-order valence-electron chi connectivity index (χ1n) is 3.97. The van der Waals surface area contributed by atoms with Crippen molar-refractivity contribution >= 4 is 26.7 Å². The number of fused-ring (bicyclic) bond motifs is 1. The van der Waals surface area contributed by atoms with Crippen LogP contribution in [0.1, 0.15) is 5.56 Å². The molecule has 2 aromatic rings. The van der Waals surface area contributed by atoms with Gasteiger partial charge in [-0.2, -0.15) is 0 Å². The van der Waals surface area contributed by atoms with Crippen LogP contribution in [0.15, 0.2) is 40.9 Å². The molecule has 0 aliphatic heterocycles. The molecular weight excluding hydrogens is 224 g/mol. The quantitative estimate of drug-likeness (QED) is 0.608. The Kier molecular flexibility index (Phi) is 2.08. The number of hydrogen-bond acceptors (Lipinski definition) is 0. The van der Waals surface area contributed by atoms with Gasteiger partial charge in [-0.05, 0) is 22.9 Å². The Balaban J connectivity index is 2.95. The number of terminal acetylenes is 1. The number of halogens is 1. The van der Waals surface area contributed by atoms with Gasteiger partial charge in [-0.25, -0.2) is 0 Å². The van der Waals surface area contributed by atoms with Crippen molar-refractivity contribution in [1.82, 2.24) is 0 Å². The van der Waals surface area contributed by atoms with Gasteiger partial charge in [0.2, 0.25) is 0 Å². The van der Waals surface area contributed by atoms with Crippen molar-refractivity contribution in [2.45, 2.75) is 0 Å². The van der Waals surface area contributed by atoms with Gasteiger partial charge in [0.05, 0.1) is 0 Å². The largest absolute Gasteiger partial charge is 0.115 e. The highest BCUT2D eigenvalue weighted by molar-refractivity contribution is 9.10. The van der Waals surface area contributed by atoms with Gasteiger partial charge in [-0.1, -0.05) is 46.1 Å². The molecule has 0 radical (unpaired) electrons. The zero-order chi connectivity index (χ0) is 9.26. The molecular formula is C12H7Br. The van der Waals surface area contributed by atoms with E-state index < -0.39 is 0 Å². The zero-order valence-electron chi connectivity index (χ0n) is 6.92. The Morgan fingerprint density at radius 1 is 1.00 bits per heavy atom. The highest BCUT2D eigenvalue weighted by Gasteiger charge is 2.00. The summed E-state index contributed by atoms with van der Waals surface area (Å²) >= 11 is 3.49. The molecule has 0 fully saturated rings. The first kappa shape index (κ1) is 8.34. The summed E-state index contributed by atoms with van der Waals surface area (Å²) in [6.45, 7) is 0. The van der Waals surface area contributed by atoms with Crippen molar-refractivity contribution in [2.24, 2.45) is 0 Å². The van der Waals surface area contributed by atoms with Crippen LogP contribution in [-0.2, 0) is 0 Å². The fourth-order valence-electron chi connectivity index (χ4n) is 1.39. The molecule has 0 aliphatic rings. The maximum atomic E-state index is 5.40. The first-order chi connectivity index (χ1) is 6.33. The molecule has 0 saturated heterocycles. The highest BCUT2D eigenvalue weighted by atomic mass is 79.9. The molecule has 0 amide bonds. The third kappa shape index (κ3) is 1.34. The Labute approximate surface area is 85.7 Å². The lowest BCUT2D eigenvalue weighted by Gasteiger charge is -2.02. The van der Waals surface area contributed by atoms with Crippen LogP contribution in [0.2, 0.25) is 0 Å². The minimum absolute atomic E-state index is 0.943. The average Bonchev–Trinajstić information content (AvgIpc) is 2.19. The molecule has 0 aromatic heterocycles. The summed E-state index contributed by atoms with van der Waals surface area (Å²) in [7, 11) is 0. The van der Waals surface area contributed by atoms with Gasteiger partial charge >= 0.3 is 0 Å². The van der Waals surface area contributed by atoms with Crippen LogP contribution < -0.4 is 0 Å². The number of benzene rings is 2. The zero-order valence-corrected chi connectivity index (χ0v) is 8.51. The standard InChI is InChI=1S/C12H7Br/c1-2-9-7-8-12(13)11-6-4-3-5-10(9)11/h1,3-8H. The van der Waals surface area contributed by atoms with Crippen LogP contribution in [-0.4, -0.2) is 0 Å². The van der Waals surface area contributed by atoms with Gasteiger partial charge in [0.25, 0.3) is 0 Å². The van der Waals surface area contributed by atoms with Crippen LogP contribution in [0.5, 0.6) is 0 Å². The van der Waals surface area contributed by atoms with E-state index in [1.54, 1.807) is 0 Å². The predicted octanol–water partition coefficient (Wildman–Crippen LogP) is 3.58. The Bertz CT molecular complexity index is 492. The molecule has 2 rings (SSSR count). The second kappa shape index (κ2) is 3.24. The number of rotatable bonds is 0. The van der Waals surface area contributed by atoms with E-state index in [0.717, 1.165) is 20.8 Å². The molecule has 2 aromatic carbocycles. The summed E-state index contributed by atoms with van der Waals surface area (Å²) in [6.07, 6.45) is 5.40. The van der Waals surface area contributed by atoms with Crippen LogP contribution in [0.4, 0.5) is 0 Å². The van der Waals surface area contributed by atoms with Gasteiger partial charge in [-0.15, -0.1) is 6.42 Å². The molecule has 0 atom stereocenters. The van der Waals surface area contributed by atoms with Crippen molar-refractivity contribution in [3.63, 3.8) is 0 Å². The second-order valence-corrected chi connectivity index (χ2v) is 3.64. The van der Waals surface area contributed by atoms with Crippen molar-refractivity contribution in [3.8, 4) is 12.3 Å². The van der Waals surface area contributed by atoms with E-state index in [1.165, 1.54) is 0 Å². The van der Waals surface area contributed by atoms with E-state index in [2.05, 4.69) is 27.9 Å². The summed E-state index contributed by atoms with van der Waals surface area (Å²) in [5.41, 5.74) is 0.943. The van der Waals surface area contributed by atoms with Crippen molar-refractivity contribution in [2.75, 3.05) is 0 Å². The number of hydrogen-bond donors (Lipinski definition) is 0. The van der Waals surface area contributed by atoms with E-state index in [9.17, 15) is 0 Å². The Hall–Kier alpha value is -1.26. The van der Waals surface area contributed by atoms with E-state index in [-0.39, 0.29) is 0 Å². The maximum absolute atomic E-state index is 5.40. The molecule has 0 aliphatic carbocycles. The van der Waals surface area contributed by atoms with Crippen LogP contribution in [0, 0.1) is 12.3 Å². The Morgan fingerprint density at radius 3 is 2.38 bits per heavy atom. The Morgan fingerprint density at radius 2 is 1.69 bits per heavy atom. The smallest absolute Gasteiger partial charge is 0.0321 e. The summed E-state index contributed by atoms with van der Waals surface area (Å²) < 4.78 is 1.09. The van der Waals surface area contributed by atoms with Gasteiger partial charge in [0.1, 0.15) is 0 Å². The summed E-state index contributed by atoms with van der Waals surface area (Å²) in [4.78, 5) is 0. The summed E-state index contributed by atoms with van der Waals surface area (Å²) in [6, 6.07) is 12.0. The fourth-order valence-corrected chi connectivity index (χ4v) is 1.87. The molecule has 0 bridgehead atoms. The monoisotopic (exact) mass is 230 g/mol. The van der Waals surface area contributed by atoms with Gasteiger partial charge < -0.3 is 0 Å². The summed E-state index contributed by atoms with van der Waals surface area (Å²) in [5.74, 6) is 2.68. The molecule has 13 heavy (non-hydrogen) atoms. The molecule has 0 N–H and O–H groups in total. The van der Waals surface area contributed by atoms with Gasteiger partial charge in [-0.3, -0.25) is 0 Å². The second-order valence-electron chi connectivity index (χ2n) is 2.78. The third-order valence-corrected chi connectivity index (χ3v) is 2.72. The maximum Gasteiger partial charge on any atom is 0.0321 e. The van der Waals surface area contributed by atoms with E-state index in [1.807, 2.05) is 30.3 Å². The van der Waals surface area contributed by atoms with E-state index >= 15 is 0 Å². The lowest BCUT2D eigenvalue weighted by atomic mass is 10.1. The summed E-state index contributed by atoms with van der Waals surface area (Å²) in [5, 5.41) is 2.29. The minimum Gasteiger partial charge on any atom is -0.115 e. The van der Waals surface area contributed by atoms with Crippen LogP contribution >= 0.6 is 15.9 Å². The van der Waals surface area contributed by atoms with Crippen molar-refractivity contribution < 1.29 is 0 Å². The van der Waals surface area contributed by atoms with Crippen LogP contribution in [0.25, 0.3) is 10.8 Å². The topological polar surface area (TPSA) is 0 Å². The normalized spacial score (nSPS) is 9.85. The third-order valence-electron chi connectivity index (χ3n) is 2.03. The van der Waals surface area contributed by atoms with Crippen molar-refractivity contribution in [3.05, 3.63) is 46.4 Å². The van der Waals surface area contributed by atoms with Crippen LogP contribution in [0.3, 0.4) is 0 Å². The van der Waals surface area contributed by atoms with E-state index in [4.69, 9.17) is 6.42 Å². The fraction of sp³-hybridized carbons (Fsp3) is 0. The average molecular weight is 231 g/mol. The molecule has 1 heteroatoms. The SMILES string of the molecule is C#Cc1ccc(Br)c2ccccc12. The molecule has 62 valence electrons. The first-order valence-corrected chi connectivity index (χ1v) is 4.76. The van der Waals surface area contributed by atoms with E-state index in [0.29, 0.717) is 0 Å². The van der Waals surface area contributed by atoms with Gasteiger partial charge in [0.15, 0.2) is 0 Å². The minimum atomic E-state index is 0.943.